The third-order valence-corrected chi connectivity index (χ3v) is 6.43. The van der Waals surface area contributed by atoms with Crippen LogP contribution in [0.2, 0.25) is 5.02 Å². The van der Waals surface area contributed by atoms with Crippen LogP contribution in [0.15, 0.2) is 35.3 Å². The van der Waals surface area contributed by atoms with Gasteiger partial charge in [0.2, 0.25) is 5.95 Å². The Morgan fingerprint density at radius 3 is 2.90 bits per heavy atom. The molecule has 0 radical (unpaired) electrons. The summed E-state index contributed by atoms with van der Waals surface area (Å²) in [5, 5.41) is 5.19. The largest absolute Gasteiger partial charge is 0.379 e. The number of nitrogens with two attached hydrogens (primary N) is 1. The molecule has 1 aromatic carbocycles. The molecule has 1 unspecified atom stereocenters. The van der Waals surface area contributed by atoms with Crippen molar-refractivity contribution in [1.29, 1.82) is 0 Å². The summed E-state index contributed by atoms with van der Waals surface area (Å²) in [4.78, 5) is 15.9. The van der Waals surface area contributed by atoms with E-state index in [9.17, 15) is 0 Å². The molecule has 3 N–H and O–H groups in total. The summed E-state index contributed by atoms with van der Waals surface area (Å²) in [6.07, 6.45) is 1.08. The number of aromatic nitrogens is 2. The maximum absolute atomic E-state index is 6.32. The van der Waals surface area contributed by atoms with E-state index in [2.05, 4.69) is 25.2 Å². The topological polar surface area (TPSA) is 88.7 Å². The molecule has 2 aromatic rings. The Morgan fingerprint density at radius 2 is 2.07 bits per heavy atom. The molecule has 2 aliphatic heterocycles. The first-order valence-electron chi connectivity index (χ1n) is 9.83. The Balaban J connectivity index is 1.32. The van der Waals surface area contributed by atoms with Crippen LogP contribution in [-0.4, -0.2) is 66.0 Å². The second-order valence-corrected chi connectivity index (χ2v) is 8.60. The van der Waals surface area contributed by atoms with Crippen molar-refractivity contribution in [3.63, 3.8) is 0 Å². The first kappa shape index (κ1) is 20.4. The maximum Gasteiger partial charge on any atom is 0.220 e. The quantitative estimate of drug-likeness (QED) is 0.678. The Labute approximate surface area is 180 Å². The van der Waals surface area contributed by atoms with Crippen molar-refractivity contribution in [3.8, 4) is 11.3 Å². The number of nitrogen functional groups attached to an aromatic ring is 1. The summed E-state index contributed by atoms with van der Waals surface area (Å²) in [5.41, 5.74) is 8.46. The standard InChI is InChI=1S/C20H25ClN6OS/c21-15-5-2-1-4-14(15)16-12-17(26-19(22)25-16)18-13-24-20(29-18)23-6-3-7-27-8-10-28-11-9-27/h1-2,4-5,12,18H,3,6-11,13H2,(H,23,24)(H2,22,25,26). The molecule has 7 nitrogen and oxygen atoms in total. The molecule has 4 rings (SSSR count). The molecule has 0 amide bonds. The second-order valence-electron chi connectivity index (χ2n) is 7.00. The molecule has 0 spiro atoms. The zero-order valence-corrected chi connectivity index (χ0v) is 17.8. The Hall–Kier alpha value is -1.87. The fourth-order valence-electron chi connectivity index (χ4n) is 3.41. The molecule has 1 saturated heterocycles. The molecule has 1 aromatic heterocycles. The van der Waals surface area contributed by atoms with Gasteiger partial charge in [0.05, 0.1) is 36.4 Å². The lowest BCUT2D eigenvalue weighted by Crippen LogP contribution is -2.37. The molecule has 1 atom stereocenters. The van der Waals surface area contributed by atoms with Gasteiger partial charge in [-0.15, -0.1) is 0 Å². The molecule has 2 aliphatic rings. The van der Waals surface area contributed by atoms with Crippen LogP contribution >= 0.6 is 23.4 Å². The van der Waals surface area contributed by atoms with Gasteiger partial charge in [-0.05, 0) is 25.1 Å². The highest BCUT2D eigenvalue weighted by atomic mass is 35.5. The van der Waals surface area contributed by atoms with Gasteiger partial charge in [0.15, 0.2) is 5.17 Å². The van der Waals surface area contributed by atoms with Crippen molar-refractivity contribution in [2.75, 3.05) is 51.7 Å². The van der Waals surface area contributed by atoms with Crippen molar-refractivity contribution < 1.29 is 4.74 Å². The molecule has 29 heavy (non-hydrogen) atoms. The van der Waals surface area contributed by atoms with Crippen molar-refractivity contribution in [2.45, 2.75) is 11.7 Å². The van der Waals surface area contributed by atoms with Crippen LogP contribution in [0.1, 0.15) is 17.4 Å². The van der Waals surface area contributed by atoms with Crippen LogP contribution in [0.5, 0.6) is 0 Å². The Kier molecular flexibility index (Phi) is 6.86. The summed E-state index contributed by atoms with van der Waals surface area (Å²) < 4.78 is 5.39. The van der Waals surface area contributed by atoms with Crippen LogP contribution in [-0.2, 0) is 4.74 Å². The summed E-state index contributed by atoms with van der Waals surface area (Å²) in [7, 11) is 0. The normalized spacial score (nSPS) is 19.9. The van der Waals surface area contributed by atoms with Crippen LogP contribution in [0, 0.1) is 0 Å². The average Bonchev–Trinajstić information content (AvgIpc) is 3.21. The summed E-state index contributed by atoms with van der Waals surface area (Å²) in [5.74, 6) is 0.255. The van der Waals surface area contributed by atoms with E-state index in [4.69, 9.17) is 22.1 Å². The number of hydrogen-bond acceptors (Lipinski definition) is 8. The number of morpholine rings is 1. The van der Waals surface area contributed by atoms with Gasteiger partial charge in [-0.25, -0.2) is 9.97 Å². The third kappa shape index (κ3) is 5.39. The average molecular weight is 433 g/mol. The summed E-state index contributed by atoms with van der Waals surface area (Å²) >= 11 is 8.02. The minimum absolute atomic E-state index is 0.128. The zero-order valence-electron chi connectivity index (χ0n) is 16.2. The lowest BCUT2D eigenvalue weighted by Gasteiger charge is -2.26. The molecular weight excluding hydrogens is 408 g/mol. The molecule has 1 fully saturated rings. The van der Waals surface area contributed by atoms with E-state index in [1.807, 2.05) is 30.3 Å². The molecule has 0 bridgehead atoms. The zero-order chi connectivity index (χ0) is 20.1. The van der Waals surface area contributed by atoms with E-state index in [-0.39, 0.29) is 11.2 Å². The van der Waals surface area contributed by atoms with Gasteiger partial charge < -0.3 is 15.8 Å². The van der Waals surface area contributed by atoms with E-state index in [1.54, 1.807) is 11.8 Å². The van der Waals surface area contributed by atoms with Crippen LogP contribution in [0.3, 0.4) is 0 Å². The van der Waals surface area contributed by atoms with Gasteiger partial charge in [0.1, 0.15) is 0 Å². The maximum atomic E-state index is 6.32. The molecule has 0 saturated carbocycles. The van der Waals surface area contributed by atoms with Crippen LogP contribution < -0.4 is 11.1 Å². The minimum Gasteiger partial charge on any atom is -0.379 e. The van der Waals surface area contributed by atoms with Crippen LogP contribution in [0.25, 0.3) is 11.3 Å². The number of halogens is 1. The number of rotatable bonds is 6. The van der Waals surface area contributed by atoms with Crippen molar-refractivity contribution in [2.24, 2.45) is 4.99 Å². The molecule has 0 aliphatic carbocycles. The van der Waals surface area contributed by atoms with Gasteiger partial charge >= 0.3 is 0 Å². The number of hydrogen-bond donors (Lipinski definition) is 2. The van der Waals surface area contributed by atoms with E-state index in [0.717, 1.165) is 67.9 Å². The summed E-state index contributed by atoms with van der Waals surface area (Å²) in [6, 6.07) is 9.58. The van der Waals surface area contributed by atoms with Gasteiger partial charge in [0, 0.05) is 30.2 Å². The summed E-state index contributed by atoms with van der Waals surface area (Å²) in [6.45, 7) is 6.41. The van der Waals surface area contributed by atoms with Gasteiger partial charge in [-0.3, -0.25) is 9.89 Å². The smallest absolute Gasteiger partial charge is 0.220 e. The van der Waals surface area contributed by atoms with Gasteiger partial charge in [-0.2, -0.15) is 0 Å². The van der Waals surface area contributed by atoms with Gasteiger partial charge in [0.25, 0.3) is 0 Å². The van der Waals surface area contributed by atoms with Crippen LogP contribution in [0.4, 0.5) is 5.95 Å². The monoisotopic (exact) mass is 432 g/mol. The predicted molar refractivity (Wildman–Crippen MR) is 119 cm³/mol. The lowest BCUT2D eigenvalue weighted by atomic mass is 10.1. The number of aliphatic imine (C=N–C) groups is 1. The molecular formula is C20H25ClN6OS. The molecule has 9 heteroatoms. The van der Waals surface area contributed by atoms with E-state index >= 15 is 0 Å². The first-order chi connectivity index (χ1) is 14.2. The lowest BCUT2D eigenvalue weighted by molar-refractivity contribution is 0.0376. The van der Waals surface area contributed by atoms with Crippen molar-refractivity contribution >= 4 is 34.5 Å². The second kappa shape index (κ2) is 9.75. The fourth-order valence-corrected chi connectivity index (χ4v) is 4.63. The highest BCUT2D eigenvalue weighted by Crippen LogP contribution is 2.36. The number of amidine groups is 1. The van der Waals surface area contributed by atoms with E-state index in [1.165, 1.54) is 0 Å². The predicted octanol–water partition coefficient (Wildman–Crippen LogP) is 2.84. The number of ether oxygens (including phenoxy) is 1. The Bertz CT molecular complexity index is 874. The van der Waals surface area contributed by atoms with E-state index < -0.39 is 0 Å². The fraction of sp³-hybridized carbons (Fsp3) is 0.450. The molecule has 3 heterocycles. The molecule has 154 valence electrons. The van der Waals surface area contributed by atoms with Gasteiger partial charge in [-0.1, -0.05) is 41.6 Å². The van der Waals surface area contributed by atoms with Crippen molar-refractivity contribution in [3.05, 3.63) is 41.0 Å². The Morgan fingerprint density at radius 1 is 1.24 bits per heavy atom. The first-order valence-corrected chi connectivity index (χ1v) is 11.1. The number of anilines is 1. The number of nitrogens with zero attached hydrogens (tertiary/aromatic N) is 4. The van der Waals surface area contributed by atoms with Crippen molar-refractivity contribution in [1.82, 2.24) is 20.2 Å². The number of thioether (sulfide) groups is 1. The minimum atomic E-state index is 0.128. The number of benzene rings is 1. The highest BCUT2D eigenvalue weighted by Gasteiger charge is 2.24. The van der Waals surface area contributed by atoms with E-state index in [0.29, 0.717) is 11.6 Å². The third-order valence-electron chi connectivity index (χ3n) is 4.93. The SMILES string of the molecule is Nc1nc(-c2ccccc2Cl)cc(C2CN=C(NCCCN3CCOCC3)S2)n1. The number of nitrogens with one attached hydrogen (secondary N) is 1. The highest BCUT2D eigenvalue weighted by molar-refractivity contribution is 8.14.